The van der Waals surface area contributed by atoms with Gasteiger partial charge in [0.15, 0.2) is 18.9 Å². The Bertz CT molecular complexity index is 1450. The fourth-order valence-electron chi connectivity index (χ4n) is 12.1. The van der Waals surface area contributed by atoms with E-state index in [0.29, 0.717) is 32.1 Å². The maximum Gasteiger partial charge on any atom is 0.309 e. The van der Waals surface area contributed by atoms with E-state index in [0.717, 1.165) is 31.3 Å². The molecule has 7 aliphatic rings. The lowest BCUT2D eigenvalue weighted by molar-refractivity contribution is -0.400. The molecule has 11 N–H and O–H groups in total. The molecule has 7 fully saturated rings. The van der Waals surface area contributed by atoms with Gasteiger partial charge in [0.1, 0.15) is 73.2 Å². The number of fused-ring (bicyclic) bond motifs is 3. The zero-order chi connectivity index (χ0) is 40.7. The van der Waals surface area contributed by atoms with Crippen LogP contribution in [0.3, 0.4) is 0 Å². The van der Waals surface area contributed by atoms with Crippen LogP contribution in [0.5, 0.6) is 0 Å². The van der Waals surface area contributed by atoms with Gasteiger partial charge in [0.05, 0.1) is 30.8 Å². The molecule has 18 nitrogen and oxygen atoms in total. The Kier molecular flexibility index (Phi) is 11.9. The molecule has 3 heterocycles. The van der Waals surface area contributed by atoms with E-state index in [4.69, 9.17) is 28.4 Å². The average molecular weight is 805 g/mol. The Morgan fingerprint density at radius 1 is 0.679 bits per heavy atom. The summed E-state index contributed by atoms with van der Waals surface area (Å²) < 4.78 is 36.7. The predicted molar refractivity (Wildman–Crippen MR) is 187 cm³/mol. The first-order chi connectivity index (χ1) is 26.4. The highest BCUT2D eigenvalue weighted by Gasteiger charge is 2.69. The number of aliphatic hydroxyl groups is 10. The van der Waals surface area contributed by atoms with E-state index >= 15 is 0 Å². The van der Waals surface area contributed by atoms with Crippen LogP contribution in [0.25, 0.3) is 0 Å². The van der Waals surface area contributed by atoms with Gasteiger partial charge in [0.2, 0.25) is 0 Å². The monoisotopic (exact) mass is 804 g/mol. The summed E-state index contributed by atoms with van der Waals surface area (Å²) in [4.78, 5) is 12.7. The molecule has 3 aliphatic heterocycles. The van der Waals surface area contributed by atoms with Crippen LogP contribution in [0.4, 0.5) is 0 Å². The lowest BCUT2D eigenvalue weighted by Gasteiger charge is -2.64. The summed E-state index contributed by atoms with van der Waals surface area (Å²) in [7, 11) is 0. The van der Waals surface area contributed by atoms with Gasteiger partial charge in [-0.15, -0.1) is 0 Å². The summed E-state index contributed by atoms with van der Waals surface area (Å²) >= 11 is 0. The fourth-order valence-corrected chi connectivity index (χ4v) is 12.1. The van der Waals surface area contributed by atoms with Crippen molar-refractivity contribution in [2.24, 2.45) is 28.1 Å². The SMILES string of the molecule is C=C1C[C@@]23CC[C@H]4[C@@](C)(CCC[C@@]4(C)C(=O)O)[C@@H]2CC[C@]1(O[C@@H]1O[C@H](CO)[C@@H](O)[C@H](O[C@@H]2O[C@H](CO)[C@@H](O)[C@H](O)[C@H]2O)[C@H]1O[C@@H]1O[C@H](CO)[C@@H](O)[C@H](O)[C@H]1O)C3. The van der Waals surface area contributed by atoms with Gasteiger partial charge in [-0.05, 0) is 86.5 Å². The second-order valence-corrected chi connectivity index (χ2v) is 18.0. The van der Waals surface area contributed by atoms with E-state index in [9.17, 15) is 61.0 Å². The Labute approximate surface area is 324 Å². The highest BCUT2D eigenvalue weighted by molar-refractivity contribution is 5.75. The second-order valence-electron chi connectivity index (χ2n) is 18.0. The number of aliphatic hydroxyl groups excluding tert-OH is 10. The molecule has 0 aromatic rings. The Morgan fingerprint density at radius 2 is 1.20 bits per heavy atom. The van der Waals surface area contributed by atoms with Crippen molar-refractivity contribution in [1.82, 2.24) is 0 Å². The maximum atomic E-state index is 12.7. The normalized spacial score (nSPS) is 54.6. The molecule has 4 aliphatic carbocycles. The molecule has 3 saturated heterocycles. The minimum Gasteiger partial charge on any atom is -0.481 e. The van der Waals surface area contributed by atoms with Crippen molar-refractivity contribution < 1.29 is 89.4 Å². The number of hydrogen-bond acceptors (Lipinski definition) is 17. The summed E-state index contributed by atoms with van der Waals surface area (Å²) in [6, 6.07) is 0. The van der Waals surface area contributed by atoms with Crippen molar-refractivity contribution in [2.75, 3.05) is 19.8 Å². The van der Waals surface area contributed by atoms with Crippen molar-refractivity contribution in [3.63, 3.8) is 0 Å². The van der Waals surface area contributed by atoms with Gasteiger partial charge in [0, 0.05) is 0 Å². The Morgan fingerprint density at radius 3 is 1.75 bits per heavy atom. The van der Waals surface area contributed by atoms with Gasteiger partial charge in [-0.1, -0.05) is 19.9 Å². The molecule has 1 spiro atoms. The number of ether oxygens (including phenoxy) is 6. The van der Waals surface area contributed by atoms with Gasteiger partial charge >= 0.3 is 5.97 Å². The summed E-state index contributed by atoms with van der Waals surface area (Å²) in [6.45, 7) is 6.28. The molecule has 320 valence electrons. The Hall–Kier alpha value is -1.43. The zero-order valence-electron chi connectivity index (χ0n) is 31.8. The lowest BCUT2D eigenvalue weighted by Crippen LogP contribution is -2.68. The van der Waals surface area contributed by atoms with E-state index in [1.165, 1.54) is 0 Å². The number of carbonyl (C=O) groups is 1. The van der Waals surface area contributed by atoms with Crippen LogP contribution in [0.1, 0.15) is 71.6 Å². The first-order valence-corrected chi connectivity index (χ1v) is 19.9. The number of carboxylic acid groups (broad SMARTS) is 1. The number of hydrogen-bond donors (Lipinski definition) is 11. The van der Waals surface area contributed by atoms with E-state index in [2.05, 4.69) is 13.5 Å². The predicted octanol–water partition coefficient (Wildman–Crippen LogP) is -2.37. The highest BCUT2D eigenvalue weighted by atomic mass is 16.8. The molecular formula is C38H60O18. The van der Waals surface area contributed by atoms with Crippen molar-refractivity contribution >= 4 is 5.97 Å². The summed E-state index contributed by atoms with van der Waals surface area (Å²) in [5.74, 6) is -0.606. The Balaban J connectivity index is 1.21. The zero-order valence-corrected chi connectivity index (χ0v) is 31.8. The number of aliphatic carboxylic acids is 1. The van der Waals surface area contributed by atoms with Gasteiger partial charge < -0.3 is 84.6 Å². The molecule has 18 heteroatoms. The molecule has 0 aromatic heterocycles. The van der Waals surface area contributed by atoms with Crippen LogP contribution < -0.4 is 0 Å². The van der Waals surface area contributed by atoms with E-state index in [1.807, 2.05) is 6.92 Å². The molecule has 2 bridgehead atoms. The first-order valence-electron chi connectivity index (χ1n) is 19.9. The van der Waals surface area contributed by atoms with Gasteiger partial charge in [-0.25, -0.2) is 0 Å². The molecule has 0 aromatic carbocycles. The molecule has 21 atom stereocenters. The van der Waals surface area contributed by atoms with Crippen molar-refractivity contribution in [2.45, 2.75) is 169 Å². The summed E-state index contributed by atoms with van der Waals surface area (Å²) in [5.41, 5.74) is -1.63. The van der Waals surface area contributed by atoms with Gasteiger partial charge in [-0.2, -0.15) is 0 Å². The molecule has 7 rings (SSSR count). The largest absolute Gasteiger partial charge is 0.481 e. The number of carboxylic acids is 1. The molecule has 0 radical (unpaired) electrons. The van der Waals surface area contributed by atoms with E-state index in [-0.39, 0.29) is 22.7 Å². The fraction of sp³-hybridized carbons (Fsp3) is 0.921. The van der Waals surface area contributed by atoms with Crippen LogP contribution in [0, 0.1) is 28.1 Å². The van der Waals surface area contributed by atoms with Gasteiger partial charge in [-0.3, -0.25) is 4.79 Å². The third-order valence-electron chi connectivity index (χ3n) is 15.0. The van der Waals surface area contributed by atoms with Crippen LogP contribution in [0.15, 0.2) is 12.2 Å². The van der Waals surface area contributed by atoms with Crippen LogP contribution in [-0.4, -0.2) is 180 Å². The van der Waals surface area contributed by atoms with Crippen molar-refractivity contribution in [3.05, 3.63) is 12.2 Å². The molecule has 4 saturated carbocycles. The van der Waals surface area contributed by atoms with Crippen molar-refractivity contribution in [3.8, 4) is 0 Å². The quantitative estimate of drug-likeness (QED) is 0.0812. The number of rotatable bonds is 10. The highest BCUT2D eigenvalue weighted by Crippen LogP contribution is 2.73. The van der Waals surface area contributed by atoms with Gasteiger partial charge in [0.25, 0.3) is 0 Å². The minimum absolute atomic E-state index is 0.00993. The second kappa shape index (κ2) is 15.6. The van der Waals surface area contributed by atoms with E-state index in [1.54, 1.807) is 0 Å². The van der Waals surface area contributed by atoms with Crippen LogP contribution in [0.2, 0.25) is 0 Å². The summed E-state index contributed by atoms with van der Waals surface area (Å²) in [6.07, 6.45) is -19.3. The third-order valence-corrected chi connectivity index (χ3v) is 15.0. The maximum absolute atomic E-state index is 12.7. The smallest absolute Gasteiger partial charge is 0.309 e. The minimum atomic E-state index is -1.91. The molecular weight excluding hydrogens is 744 g/mol. The van der Waals surface area contributed by atoms with Crippen LogP contribution in [-0.2, 0) is 33.2 Å². The topological polar surface area (TPSA) is 295 Å². The standard InChI is InChI=1S/C38H60O18/c1-16-11-37-9-5-20-35(2,7-4-8-36(20,3)34(49)50)21(37)6-10-38(16,15-37)56-33-30(55-32-28(48)26(46)23(43)18(13-40)52-32)29(24(44)19(14-41)53-33)54-31-27(47)25(45)22(42)17(12-39)51-31/h17-33,39-48H,1,4-15H2,2-3H3,(H,49,50)/t17-,18-,19-,20+,21+,22-,23-,24-,25+,26+,27-,28-,29+,30-,31+,32+,33+,35-,36-,37-,38+/m1/s1. The molecule has 0 unspecified atom stereocenters. The van der Waals surface area contributed by atoms with Crippen LogP contribution >= 0.6 is 0 Å². The third kappa shape index (κ3) is 6.69. The molecule has 0 amide bonds. The first kappa shape index (κ1) is 42.7. The van der Waals surface area contributed by atoms with Crippen molar-refractivity contribution in [1.29, 1.82) is 0 Å². The molecule has 56 heavy (non-hydrogen) atoms. The summed E-state index contributed by atoms with van der Waals surface area (Å²) in [5, 5.41) is 116. The van der Waals surface area contributed by atoms with E-state index < -0.39 is 129 Å². The average Bonchev–Trinajstić information content (AvgIpc) is 3.36. The lowest BCUT2D eigenvalue weighted by atomic mass is 9.41.